The molecule has 1 aromatic heterocycles. The van der Waals surface area contributed by atoms with Crippen LogP contribution in [0.4, 0.5) is 10.8 Å². The summed E-state index contributed by atoms with van der Waals surface area (Å²) in [5.74, 6) is -0.526. The van der Waals surface area contributed by atoms with Gasteiger partial charge in [0.1, 0.15) is 11.5 Å². The monoisotopic (exact) mass is 454 g/mol. The van der Waals surface area contributed by atoms with Gasteiger partial charge in [0.15, 0.2) is 0 Å². The maximum absolute atomic E-state index is 11.7. The minimum atomic E-state index is -1.27. The molecule has 0 amide bonds. The number of carbonyl (C=O) groups is 1. The molecule has 2 N–H and O–H groups in total. The van der Waals surface area contributed by atoms with Crippen molar-refractivity contribution >= 4 is 33.8 Å². The maximum Gasteiger partial charge on any atom is 0.352 e. The molecule has 32 heavy (non-hydrogen) atoms. The molecule has 0 saturated heterocycles. The van der Waals surface area contributed by atoms with Crippen LogP contribution in [0.5, 0.6) is 5.75 Å². The molecule has 0 aliphatic carbocycles. The molecule has 0 spiro atoms. The number of nitro groups is 1. The number of carboxylic acids is 1. The molecule has 3 aromatic rings. The summed E-state index contributed by atoms with van der Waals surface area (Å²) < 4.78 is 5.20. The molecule has 166 valence electrons. The van der Waals surface area contributed by atoms with Gasteiger partial charge in [-0.3, -0.25) is 15.5 Å². The van der Waals surface area contributed by atoms with Crippen molar-refractivity contribution in [1.82, 2.24) is 4.98 Å². The number of aromatic nitrogens is 1. The number of para-hydroxylation sites is 1. The van der Waals surface area contributed by atoms with Crippen LogP contribution in [0.2, 0.25) is 0 Å². The van der Waals surface area contributed by atoms with Crippen molar-refractivity contribution in [2.24, 2.45) is 5.10 Å². The Labute approximate surface area is 188 Å². The van der Waals surface area contributed by atoms with Gasteiger partial charge in [-0.2, -0.15) is 5.10 Å². The summed E-state index contributed by atoms with van der Waals surface area (Å²) in [4.78, 5) is 28.0. The van der Waals surface area contributed by atoms with Gasteiger partial charge >= 0.3 is 5.97 Å². The van der Waals surface area contributed by atoms with E-state index in [9.17, 15) is 20.0 Å². The molecule has 0 radical (unpaired) electrons. The molecule has 0 atom stereocenters. The molecule has 0 saturated carbocycles. The van der Waals surface area contributed by atoms with Gasteiger partial charge in [0.2, 0.25) is 5.13 Å². The fourth-order valence-corrected chi connectivity index (χ4v) is 4.10. The van der Waals surface area contributed by atoms with E-state index in [1.54, 1.807) is 13.2 Å². The molecule has 0 aliphatic heterocycles. The number of nitrogens with zero attached hydrogens (tertiary/aromatic N) is 3. The molecule has 0 bridgehead atoms. The van der Waals surface area contributed by atoms with Crippen LogP contribution in [0, 0.1) is 10.1 Å². The van der Waals surface area contributed by atoms with Crippen molar-refractivity contribution in [3.8, 4) is 17.0 Å². The first-order chi connectivity index (χ1) is 15.4. The molecule has 0 fully saturated rings. The molecule has 2 aromatic carbocycles. The Morgan fingerprint density at radius 1 is 1.25 bits per heavy atom. The summed E-state index contributed by atoms with van der Waals surface area (Å²) in [6.45, 7) is 2.07. The Balaban J connectivity index is 1.87. The molecular weight excluding hydrogens is 432 g/mol. The van der Waals surface area contributed by atoms with E-state index in [4.69, 9.17) is 4.74 Å². The van der Waals surface area contributed by atoms with Gasteiger partial charge in [-0.25, -0.2) is 9.78 Å². The number of aryl methyl sites for hydroxylation is 1. The van der Waals surface area contributed by atoms with E-state index in [0.29, 0.717) is 5.13 Å². The van der Waals surface area contributed by atoms with E-state index < -0.39 is 10.9 Å². The van der Waals surface area contributed by atoms with Gasteiger partial charge in [-0.15, -0.1) is 0 Å². The van der Waals surface area contributed by atoms with Crippen molar-refractivity contribution in [3.63, 3.8) is 0 Å². The summed E-state index contributed by atoms with van der Waals surface area (Å²) in [7, 11) is 1.60. The molecule has 0 unspecified atom stereocenters. The highest BCUT2D eigenvalue weighted by atomic mass is 32.1. The summed E-state index contributed by atoms with van der Waals surface area (Å²) in [6.07, 6.45) is 1.54. The minimum Gasteiger partial charge on any atom is -0.497 e. The molecule has 0 aliphatic rings. The number of nitrogens with one attached hydrogen (secondary N) is 1. The second kappa shape index (κ2) is 10.5. The SMILES string of the molecule is CCCc1sc(N/N=C(/Cc2ccccc2[N+](=O)[O-])C(=O)O)nc1-c1ccc(OC)cc1. The Morgan fingerprint density at radius 3 is 2.59 bits per heavy atom. The summed E-state index contributed by atoms with van der Waals surface area (Å²) >= 11 is 1.40. The van der Waals surface area contributed by atoms with Crippen LogP contribution in [0.1, 0.15) is 23.8 Å². The second-order valence-electron chi connectivity index (χ2n) is 6.81. The van der Waals surface area contributed by atoms with Crippen molar-refractivity contribution < 1.29 is 19.6 Å². The normalized spacial score (nSPS) is 11.2. The van der Waals surface area contributed by atoms with Crippen LogP contribution in [-0.4, -0.2) is 33.8 Å². The van der Waals surface area contributed by atoms with Crippen LogP contribution in [0.3, 0.4) is 0 Å². The average Bonchev–Trinajstić information content (AvgIpc) is 3.19. The summed E-state index contributed by atoms with van der Waals surface area (Å²) in [5.41, 5.74) is 4.31. The van der Waals surface area contributed by atoms with Crippen LogP contribution in [0.25, 0.3) is 11.3 Å². The Morgan fingerprint density at radius 2 is 1.97 bits per heavy atom. The summed E-state index contributed by atoms with van der Waals surface area (Å²) in [5, 5.41) is 25.2. The number of thiazole rings is 1. The largest absolute Gasteiger partial charge is 0.497 e. The fourth-order valence-electron chi connectivity index (χ4n) is 3.07. The third-order valence-electron chi connectivity index (χ3n) is 4.62. The number of benzene rings is 2. The minimum absolute atomic E-state index is 0.150. The number of hydrogen-bond donors (Lipinski definition) is 2. The first kappa shape index (κ1) is 22.9. The standard InChI is InChI=1S/C22H22N4O5S/c1-3-6-19-20(14-9-11-16(31-2)12-10-14)23-22(32-19)25-24-17(21(27)28)13-15-7-4-5-8-18(15)26(29)30/h4-5,7-12H,3,6,13H2,1-2H3,(H,23,25)(H,27,28)/b24-17-. The average molecular weight is 455 g/mol. The lowest BCUT2D eigenvalue weighted by Crippen LogP contribution is -2.18. The van der Waals surface area contributed by atoms with Gasteiger partial charge in [-0.1, -0.05) is 42.9 Å². The highest BCUT2D eigenvalue weighted by Crippen LogP contribution is 2.33. The Kier molecular flexibility index (Phi) is 7.50. The highest BCUT2D eigenvalue weighted by molar-refractivity contribution is 7.16. The van der Waals surface area contributed by atoms with E-state index in [2.05, 4.69) is 22.4 Å². The second-order valence-corrected chi connectivity index (χ2v) is 7.89. The number of aliphatic carboxylic acids is 1. The first-order valence-corrected chi connectivity index (χ1v) is 10.7. The van der Waals surface area contributed by atoms with E-state index in [1.165, 1.54) is 29.5 Å². The molecule has 1 heterocycles. The predicted molar refractivity (Wildman–Crippen MR) is 124 cm³/mol. The van der Waals surface area contributed by atoms with E-state index >= 15 is 0 Å². The number of anilines is 1. The zero-order valence-corrected chi connectivity index (χ0v) is 18.4. The van der Waals surface area contributed by atoms with E-state index in [0.717, 1.165) is 34.7 Å². The smallest absolute Gasteiger partial charge is 0.352 e. The number of hydrogen-bond acceptors (Lipinski definition) is 8. The van der Waals surface area contributed by atoms with Crippen molar-refractivity contribution in [3.05, 3.63) is 69.1 Å². The quantitative estimate of drug-likeness (QED) is 0.256. The van der Waals surface area contributed by atoms with Crippen molar-refractivity contribution in [2.75, 3.05) is 12.5 Å². The zero-order valence-electron chi connectivity index (χ0n) is 17.6. The van der Waals surface area contributed by atoms with Gasteiger partial charge in [0, 0.05) is 28.5 Å². The highest BCUT2D eigenvalue weighted by Gasteiger charge is 2.19. The lowest BCUT2D eigenvalue weighted by atomic mass is 10.1. The van der Waals surface area contributed by atoms with Crippen LogP contribution in [-0.2, 0) is 17.6 Å². The number of carboxylic acid groups (broad SMARTS) is 1. The number of rotatable bonds is 10. The van der Waals surface area contributed by atoms with Crippen molar-refractivity contribution in [2.45, 2.75) is 26.2 Å². The number of methoxy groups -OCH3 is 1. The predicted octanol–water partition coefficient (Wildman–Crippen LogP) is 4.77. The van der Waals surface area contributed by atoms with Gasteiger partial charge < -0.3 is 9.84 Å². The summed E-state index contributed by atoms with van der Waals surface area (Å²) in [6, 6.07) is 13.5. The third kappa shape index (κ3) is 5.46. The van der Waals surface area contributed by atoms with E-state index in [1.807, 2.05) is 24.3 Å². The topological polar surface area (TPSA) is 127 Å². The molecule has 3 rings (SSSR count). The molecule has 10 heteroatoms. The number of hydrazone groups is 1. The number of nitro benzene ring substituents is 1. The third-order valence-corrected chi connectivity index (χ3v) is 5.64. The van der Waals surface area contributed by atoms with Crippen molar-refractivity contribution in [1.29, 1.82) is 0 Å². The maximum atomic E-state index is 11.7. The zero-order chi connectivity index (χ0) is 23.1. The Bertz CT molecular complexity index is 1140. The van der Waals surface area contributed by atoms with Crippen LogP contribution in [0.15, 0.2) is 53.6 Å². The van der Waals surface area contributed by atoms with Gasteiger partial charge in [0.25, 0.3) is 5.69 Å². The fraction of sp³-hybridized carbons (Fsp3) is 0.227. The van der Waals surface area contributed by atoms with Crippen LogP contribution >= 0.6 is 11.3 Å². The molecular formula is C22H22N4O5S. The van der Waals surface area contributed by atoms with Gasteiger partial charge in [-0.05, 0) is 30.7 Å². The number of ether oxygens (including phenoxy) is 1. The lowest BCUT2D eigenvalue weighted by Gasteiger charge is -2.04. The van der Waals surface area contributed by atoms with Gasteiger partial charge in [0.05, 0.1) is 17.7 Å². The lowest BCUT2D eigenvalue weighted by molar-refractivity contribution is -0.385. The van der Waals surface area contributed by atoms with Crippen LogP contribution < -0.4 is 10.2 Å². The Hall–Kier alpha value is -3.79. The molecule has 9 nitrogen and oxygen atoms in total. The van der Waals surface area contributed by atoms with E-state index in [-0.39, 0.29) is 23.4 Å². The first-order valence-electron chi connectivity index (χ1n) is 9.85.